The normalized spacial score (nSPS) is 24.1. The van der Waals surface area contributed by atoms with Crippen molar-refractivity contribution in [2.45, 2.75) is 63.2 Å². The Morgan fingerprint density at radius 2 is 1.69 bits per heavy atom. The van der Waals surface area contributed by atoms with E-state index in [0.717, 1.165) is 70.6 Å². The summed E-state index contributed by atoms with van der Waals surface area (Å²) >= 11 is 0. The predicted octanol–water partition coefficient (Wildman–Crippen LogP) is 3.93. The number of halogens is 3. The second kappa shape index (κ2) is 10.7. The highest BCUT2D eigenvalue weighted by atomic mass is 32.2. The molecule has 1 aromatic carbocycles. The lowest BCUT2D eigenvalue weighted by atomic mass is 9.84. The van der Waals surface area contributed by atoms with E-state index < -0.39 is 21.9 Å². The maximum absolute atomic E-state index is 12.9. The van der Waals surface area contributed by atoms with Crippen LogP contribution in [0.15, 0.2) is 24.3 Å². The lowest BCUT2D eigenvalue weighted by molar-refractivity contribution is -0.137. The molecule has 10 heteroatoms. The number of hydrogen-bond donors (Lipinski definition) is 2. The number of nitrogens with zero attached hydrogens (tertiary/aromatic N) is 2. The summed E-state index contributed by atoms with van der Waals surface area (Å²) in [5, 5.41) is 3.26. The van der Waals surface area contributed by atoms with Crippen molar-refractivity contribution in [3.63, 3.8) is 0 Å². The zero-order chi connectivity index (χ0) is 23.4. The van der Waals surface area contributed by atoms with E-state index in [1.165, 1.54) is 30.5 Å². The van der Waals surface area contributed by atoms with Crippen LogP contribution in [0.5, 0.6) is 0 Å². The molecule has 32 heavy (non-hydrogen) atoms. The predicted molar refractivity (Wildman–Crippen MR) is 121 cm³/mol. The van der Waals surface area contributed by atoms with Crippen molar-refractivity contribution in [2.75, 3.05) is 39.0 Å². The van der Waals surface area contributed by atoms with Crippen LogP contribution in [-0.2, 0) is 16.4 Å². The van der Waals surface area contributed by atoms with Crippen molar-refractivity contribution >= 4 is 15.9 Å². The third kappa shape index (κ3) is 7.33. The molecule has 1 aliphatic heterocycles. The second-order valence-corrected chi connectivity index (χ2v) is 11.2. The molecule has 3 rings (SSSR count). The summed E-state index contributed by atoms with van der Waals surface area (Å²) in [6, 6.07) is 5.63. The molecule has 1 aromatic rings. The summed E-state index contributed by atoms with van der Waals surface area (Å²) in [4.78, 5) is 2.44. The molecule has 1 saturated carbocycles. The molecule has 1 heterocycles. The Morgan fingerprint density at radius 1 is 1.03 bits per heavy atom. The van der Waals surface area contributed by atoms with Crippen molar-refractivity contribution in [1.29, 1.82) is 0 Å². The molecule has 1 aliphatic carbocycles. The minimum absolute atomic E-state index is 0.0244. The zero-order valence-corrected chi connectivity index (χ0v) is 19.7. The molecule has 2 N–H and O–H groups in total. The molecular weight excluding hydrogens is 441 g/mol. The standard InChI is InChI=1S/C22H35F3N4O2S/c1-28(2)32(30,31)27-20-8-6-17(7-9-20)10-13-29-14-11-19(12-15-29)26-21-5-3-4-18(16-21)22(23,24)25/h3-5,16-17,19-20,26-27H,6-15H2,1-2H3. The van der Waals surface area contributed by atoms with Gasteiger partial charge in [-0.1, -0.05) is 6.07 Å². The van der Waals surface area contributed by atoms with Crippen LogP contribution in [0.2, 0.25) is 0 Å². The van der Waals surface area contributed by atoms with Gasteiger partial charge in [0.05, 0.1) is 5.56 Å². The molecule has 0 amide bonds. The van der Waals surface area contributed by atoms with Crippen LogP contribution in [0.4, 0.5) is 18.9 Å². The second-order valence-electron chi connectivity index (χ2n) is 9.25. The molecule has 2 aliphatic rings. The van der Waals surface area contributed by atoms with Gasteiger partial charge >= 0.3 is 6.18 Å². The van der Waals surface area contributed by atoms with Crippen molar-refractivity contribution in [1.82, 2.24) is 13.9 Å². The molecule has 0 bridgehead atoms. The molecule has 1 saturated heterocycles. The maximum atomic E-state index is 12.9. The van der Waals surface area contributed by atoms with Gasteiger partial charge in [0, 0.05) is 45.0 Å². The molecule has 0 unspecified atom stereocenters. The number of alkyl halides is 3. The van der Waals surface area contributed by atoms with Gasteiger partial charge in [-0.3, -0.25) is 0 Å². The van der Waals surface area contributed by atoms with Crippen LogP contribution in [0.1, 0.15) is 50.5 Å². The van der Waals surface area contributed by atoms with E-state index in [4.69, 9.17) is 0 Å². The highest BCUT2D eigenvalue weighted by Gasteiger charge is 2.31. The Balaban J connectivity index is 1.35. The van der Waals surface area contributed by atoms with Crippen molar-refractivity contribution < 1.29 is 21.6 Å². The van der Waals surface area contributed by atoms with Crippen LogP contribution in [-0.4, -0.2) is 63.4 Å². The first-order valence-corrected chi connectivity index (χ1v) is 12.8. The summed E-state index contributed by atoms with van der Waals surface area (Å²) in [7, 11) is -0.301. The third-order valence-corrected chi connectivity index (χ3v) is 8.24. The Bertz CT molecular complexity index is 832. The van der Waals surface area contributed by atoms with Crippen LogP contribution in [0, 0.1) is 5.92 Å². The highest BCUT2D eigenvalue weighted by molar-refractivity contribution is 7.87. The van der Waals surface area contributed by atoms with Gasteiger partial charge in [-0.25, -0.2) is 0 Å². The highest BCUT2D eigenvalue weighted by Crippen LogP contribution is 2.31. The van der Waals surface area contributed by atoms with Gasteiger partial charge in [0.15, 0.2) is 0 Å². The largest absolute Gasteiger partial charge is 0.416 e. The van der Waals surface area contributed by atoms with Gasteiger partial charge in [0.25, 0.3) is 10.2 Å². The topological polar surface area (TPSA) is 64.7 Å². The van der Waals surface area contributed by atoms with Gasteiger partial charge in [-0.2, -0.15) is 30.6 Å². The van der Waals surface area contributed by atoms with Crippen molar-refractivity contribution in [2.24, 2.45) is 5.92 Å². The van der Waals surface area contributed by atoms with Gasteiger partial charge in [-0.05, 0) is 75.6 Å². The van der Waals surface area contributed by atoms with Gasteiger partial charge < -0.3 is 10.2 Å². The molecule has 0 atom stereocenters. The average Bonchev–Trinajstić information content (AvgIpc) is 2.73. The van der Waals surface area contributed by atoms with E-state index in [9.17, 15) is 21.6 Å². The smallest absolute Gasteiger partial charge is 0.382 e. The Morgan fingerprint density at radius 3 is 2.28 bits per heavy atom. The maximum Gasteiger partial charge on any atom is 0.416 e. The Kier molecular flexibility index (Phi) is 8.46. The van der Waals surface area contributed by atoms with Gasteiger partial charge in [0.2, 0.25) is 0 Å². The summed E-state index contributed by atoms with van der Waals surface area (Å²) in [5.74, 6) is 0.621. The van der Waals surface area contributed by atoms with Crippen LogP contribution >= 0.6 is 0 Å². The lowest BCUT2D eigenvalue weighted by Gasteiger charge is -2.35. The Labute approximate surface area is 189 Å². The fourth-order valence-electron chi connectivity index (χ4n) is 4.57. The first-order chi connectivity index (χ1) is 15.0. The van der Waals surface area contributed by atoms with Gasteiger partial charge in [0.1, 0.15) is 0 Å². The molecule has 182 valence electrons. The number of piperidine rings is 1. The van der Waals surface area contributed by atoms with Crippen molar-refractivity contribution in [3.8, 4) is 0 Å². The number of likely N-dealkylation sites (tertiary alicyclic amines) is 1. The van der Waals surface area contributed by atoms with E-state index >= 15 is 0 Å². The first-order valence-electron chi connectivity index (χ1n) is 11.4. The lowest BCUT2D eigenvalue weighted by Crippen LogP contribution is -2.44. The van der Waals surface area contributed by atoms with E-state index in [1.54, 1.807) is 6.07 Å². The average molecular weight is 477 g/mol. The molecule has 2 fully saturated rings. The molecule has 0 spiro atoms. The summed E-state index contributed by atoms with van der Waals surface area (Å²) in [5.41, 5.74) is -0.0934. The minimum atomic E-state index is -4.32. The Hall–Kier alpha value is -1.36. The SMILES string of the molecule is CN(C)S(=O)(=O)NC1CCC(CCN2CCC(Nc3cccc(C(F)(F)F)c3)CC2)CC1. The van der Waals surface area contributed by atoms with Gasteiger partial charge in [-0.15, -0.1) is 0 Å². The fourth-order valence-corrected chi connectivity index (χ4v) is 5.44. The zero-order valence-electron chi connectivity index (χ0n) is 18.9. The fraction of sp³-hybridized carbons (Fsp3) is 0.727. The quantitative estimate of drug-likeness (QED) is 0.597. The minimum Gasteiger partial charge on any atom is -0.382 e. The monoisotopic (exact) mass is 476 g/mol. The van der Waals surface area contributed by atoms with Crippen LogP contribution < -0.4 is 10.0 Å². The summed E-state index contributed by atoms with van der Waals surface area (Å²) in [6.07, 6.45) is 2.43. The number of nitrogens with one attached hydrogen (secondary N) is 2. The van der Waals surface area contributed by atoms with Crippen LogP contribution in [0.25, 0.3) is 0 Å². The van der Waals surface area contributed by atoms with Crippen molar-refractivity contribution in [3.05, 3.63) is 29.8 Å². The number of anilines is 1. The summed E-state index contributed by atoms with van der Waals surface area (Å²) in [6.45, 7) is 2.90. The van der Waals surface area contributed by atoms with E-state index in [2.05, 4.69) is 14.9 Å². The molecular formula is C22H35F3N4O2S. The molecule has 0 aromatic heterocycles. The number of rotatable bonds is 8. The van der Waals surface area contributed by atoms with E-state index in [-0.39, 0.29) is 12.1 Å². The summed E-state index contributed by atoms with van der Waals surface area (Å²) < 4.78 is 66.6. The third-order valence-electron chi connectivity index (χ3n) is 6.64. The van der Waals surface area contributed by atoms with E-state index in [0.29, 0.717) is 11.6 Å². The molecule has 0 radical (unpaired) electrons. The van der Waals surface area contributed by atoms with Crippen LogP contribution in [0.3, 0.4) is 0 Å². The number of benzene rings is 1. The molecule has 6 nitrogen and oxygen atoms in total. The van der Waals surface area contributed by atoms with E-state index in [1.807, 2.05) is 0 Å². The number of hydrogen-bond acceptors (Lipinski definition) is 4. The first kappa shape index (κ1) is 25.3.